The van der Waals surface area contributed by atoms with Crippen molar-refractivity contribution in [3.8, 4) is 17.1 Å². The van der Waals surface area contributed by atoms with Crippen molar-refractivity contribution in [2.75, 3.05) is 43.5 Å². The largest absolute Gasteiger partial charge is 0.494 e. The minimum absolute atomic E-state index is 0.346. The van der Waals surface area contributed by atoms with E-state index >= 15 is 0 Å². The van der Waals surface area contributed by atoms with Crippen LogP contribution in [0.25, 0.3) is 17.0 Å². The molecule has 0 spiro atoms. The van der Waals surface area contributed by atoms with Gasteiger partial charge in [0.05, 0.1) is 35.9 Å². The Morgan fingerprint density at radius 1 is 1.11 bits per heavy atom. The van der Waals surface area contributed by atoms with Gasteiger partial charge in [0, 0.05) is 44.1 Å². The van der Waals surface area contributed by atoms with E-state index in [4.69, 9.17) is 16.3 Å². The molecule has 1 aliphatic rings. The number of pyridine rings is 1. The molecule has 0 saturated carbocycles. The van der Waals surface area contributed by atoms with Gasteiger partial charge in [-0.25, -0.2) is 15.0 Å². The van der Waals surface area contributed by atoms with Crippen molar-refractivity contribution in [3.05, 3.63) is 60.0 Å². The van der Waals surface area contributed by atoms with Crippen LogP contribution in [-0.2, 0) is 4.79 Å². The van der Waals surface area contributed by atoms with Gasteiger partial charge in [-0.1, -0.05) is 17.7 Å². The van der Waals surface area contributed by atoms with Gasteiger partial charge in [-0.05, 0) is 24.3 Å². The number of carbonyl (C=O) groups is 1. The maximum atomic E-state index is 10.8. The lowest BCUT2D eigenvalue weighted by molar-refractivity contribution is -0.131. The normalized spacial score (nSPS) is 15.9. The number of nitrogens with one attached hydrogen (secondary N) is 1. The molecule has 3 N–H and O–H groups in total. The molecule has 0 radical (unpaired) electrons. The van der Waals surface area contributed by atoms with Crippen molar-refractivity contribution >= 4 is 40.9 Å². The number of methoxy groups -OCH3 is 1. The van der Waals surface area contributed by atoms with E-state index in [1.807, 2.05) is 47.0 Å². The Labute approximate surface area is 217 Å². The summed E-state index contributed by atoms with van der Waals surface area (Å²) in [5.74, 6) is 0.957. The number of hydrogen-bond donors (Lipinski definition) is 3. The third-order valence-electron chi connectivity index (χ3n) is 6.33. The molecule has 1 fully saturated rings. The Morgan fingerprint density at radius 2 is 1.92 bits per heavy atom. The van der Waals surface area contributed by atoms with Crippen molar-refractivity contribution in [2.45, 2.75) is 12.3 Å². The zero-order valence-corrected chi connectivity index (χ0v) is 20.8. The number of carbonyl (C=O) groups excluding carboxylic acids is 1. The smallest absolute Gasteiger partial charge is 0.227 e. The number of aldehydes is 1. The molecule has 5 rings (SSSR count). The number of nitrogens with zero attached hydrogens (tertiary/aromatic N) is 6. The number of hydrogen-bond acceptors (Lipinski definition) is 10. The summed E-state index contributed by atoms with van der Waals surface area (Å²) in [6.45, 7) is 2.22. The Bertz CT molecular complexity index is 1410. The van der Waals surface area contributed by atoms with E-state index in [0.29, 0.717) is 60.6 Å². The summed E-state index contributed by atoms with van der Waals surface area (Å²) in [4.78, 5) is 28.0. The van der Waals surface area contributed by atoms with Gasteiger partial charge in [-0.3, -0.25) is 9.30 Å². The quantitative estimate of drug-likeness (QED) is 0.296. The van der Waals surface area contributed by atoms with E-state index in [9.17, 15) is 15.0 Å². The molecule has 0 aliphatic carbocycles. The van der Waals surface area contributed by atoms with E-state index < -0.39 is 12.3 Å². The number of aliphatic hydroxyl groups is 2. The molecule has 1 unspecified atom stereocenters. The molecule has 3 aromatic heterocycles. The SMILES string of the molecule is COc1cc(N2CCN(C(O)[C@H](O)C=O)CC2)ccc1Nc1ncc(Cl)c(-c2cnc3ccccn23)n1. The van der Waals surface area contributed by atoms with E-state index in [1.165, 1.54) is 0 Å². The molecule has 0 amide bonds. The van der Waals surface area contributed by atoms with E-state index in [-0.39, 0.29) is 0 Å². The van der Waals surface area contributed by atoms with Gasteiger partial charge in [0.2, 0.25) is 5.95 Å². The van der Waals surface area contributed by atoms with Crippen molar-refractivity contribution < 1.29 is 19.7 Å². The summed E-state index contributed by atoms with van der Waals surface area (Å²) < 4.78 is 7.54. The summed E-state index contributed by atoms with van der Waals surface area (Å²) in [7, 11) is 1.59. The van der Waals surface area contributed by atoms with Crippen LogP contribution in [0.1, 0.15) is 0 Å². The summed E-state index contributed by atoms with van der Waals surface area (Å²) >= 11 is 6.44. The number of halogens is 1. The van der Waals surface area contributed by atoms with Gasteiger partial charge in [-0.15, -0.1) is 0 Å². The summed E-state index contributed by atoms with van der Waals surface area (Å²) in [5.41, 5.74) is 3.71. The predicted molar refractivity (Wildman–Crippen MR) is 139 cm³/mol. The number of fused-ring (bicyclic) bond motifs is 1. The molecular weight excluding hydrogens is 498 g/mol. The Balaban J connectivity index is 1.33. The maximum absolute atomic E-state index is 10.8. The van der Waals surface area contributed by atoms with E-state index in [1.54, 1.807) is 24.4 Å². The highest BCUT2D eigenvalue weighted by Crippen LogP contribution is 2.33. The molecule has 1 aliphatic heterocycles. The minimum Gasteiger partial charge on any atom is -0.494 e. The zero-order chi connectivity index (χ0) is 25.9. The van der Waals surface area contributed by atoms with E-state index in [2.05, 4.69) is 25.2 Å². The predicted octanol–water partition coefficient (Wildman–Crippen LogP) is 2.20. The first-order chi connectivity index (χ1) is 18.0. The maximum Gasteiger partial charge on any atom is 0.227 e. The molecular formula is C25H26ClN7O4. The lowest BCUT2D eigenvalue weighted by Gasteiger charge is -2.38. The Morgan fingerprint density at radius 3 is 2.68 bits per heavy atom. The highest BCUT2D eigenvalue weighted by atomic mass is 35.5. The van der Waals surface area contributed by atoms with Gasteiger partial charge in [-0.2, -0.15) is 0 Å². The minimum atomic E-state index is -1.42. The molecule has 192 valence electrons. The van der Waals surface area contributed by atoms with Gasteiger partial charge in [0.1, 0.15) is 29.4 Å². The highest BCUT2D eigenvalue weighted by Gasteiger charge is 2.27. The second-order valence-electron chi connectivity index (χ2n) is 8.54. The third kappa shape index (κ3) is 5.07. The fourth-order valence-electron chi connectivity index (χ4n) is 4.35. The summed E-state index contributed by atoms with van der Waals surface area (Å²) in [5, 5.41) is 23.3. The number of anilines is 3. The fourth-order valence-corrected chi connectivity index (χ4v) is 4.53. The highest BCUT2D eigenvalue weighted by molar-refractivity contribution is 6.32. The number of ether oxygens (including phenoxy) is 1. The zero-order valence-electron chi connectivity index (χ0n) is 20.0. The van der Waals surface area contributed by atoms with Gasteiger partial charge < -0.3 is 30.0 Å². The molecule has 4 aromatic rings. The average Bonchev–Trinajstić information content (AvgIpc) is 3.37. The first-order valence-corrected chi connectivity index (χ1v) is 12.1. The number of aromatic nitrogens is 4. The van der Waals surface area contributed by atoms with Gasteiger partial charge in [0.15, 0.2) is 6.29 Å². The molecule has 11 nitrogen and oxygen atoms in total. The van der Waals surface area contributed by atoms with E-state index in [0.717, 1.165) is 17.0 Å². The van der Waals surface area contributed by atoms with Crippen molar-refractivity contribution in [3.63, 3.8) is 0 Å². The molecule has 2 atom stereocenters. The molecule has 4 heterocycles. The lowest BCUT2D eigenvalue weighted by atomic mass is 10.2. The van der Waals surface area contributed by atoms with Gasteiger partial charge >= 0.3 is 0 Å². The van der Waals surface area contributed by atoms with Crippen LogP contribution in [0.5, 0.6) is 5.75 Å². The monoisotopic (exact) mass is 523 g/mol. The number of piperazine rings is 1. The number of rotatable bonds is 8. The molecule has 0 bridgehead atoms. The molecule has 1 aromatic carbocycles. The van der Waals surface area contributed by atoms with Crippen LogP contribution in [0.15, 0.2) is 55.0 Å². The van der Waals surface area contributed by atoms with Crippen LogP contribution in [0.2, 0.25) is 5.02 Å². The number of aliphatic hydroxyl groups excluding tert-OH is 2. The first-order valence-electron chi connectivity index (χ1n) is 11.7. The van der Waals surface area contributed by atoms with Crippen LogP contribution in [-0.4, -0.2) is 86.4 Å². The topological polar surface area (TPSA) is 128 Å². The Hall–Kier alpha value is -3.77. The molecule has 1 saturated heterocycles. The van der Waals surface area contributed by atoms with Crippen LogP contribution >= 0.6 is 11.6 Å². The standard InChI is InChI=1S/C25H26ClN7O4/c1-37-21-12-16(31-8-10-32(11-9-31)24(36)20(35)15-34)5-6-18(21)29-25-28-13-17(26)23(30-25)19-14-27-22-4-2-3-7-33(19)22/h2-7,12-15,20,24,35-36H,8-11H2,1H3,(H,28,29,30)/t20-,24?/m1/s1. The summed E-state index contributed by atoms with van der Waals surface area (Å²) in [6.07, 6.45) is 2.89. The summed E-state index contributed by atoms with van der Waals surface area (Å²) in [6, 6.07) is 11.5. The van der Waals surface area contributed by atoms with Gasteiger partial charge in [0.25, 0.3) is 0 Å². The Kier molecular flexibility index (Phi) is 7.19. The van der Waals surface area contributed by atoms with Crippen LogP contribution < -0.4 is 15.0 Å². The molecule has 37 heavy (non-hydrogen) atoms. The third-order valence-corrected chi connectivity index (χ3v) is 6.61. The fraction of sp³-hybridized carbons (Fsp3) is 0.280. The van der Waals surface area contributed by atoms with Crippen molar-refractivity contribution in [1.29, 1.82) is 0 Å². The van der Waals surface area contributed by atoms with Crippen LogP contribution in [0, 0.1) is 0 Å². The second kappa shape index (κ2) is 10.7. The molecule has 12 heteroatoms. The average molecular weight is 524 g/mol. The van der Waals surface area contributed by atoms with Crippen LogP contribution in [0.4, 0.5) is 17.3 Å². The van der Waals surface area contributed by atoms with Crippen molar-refractivity contribution in [1.82, 2.24) is 24.3 Å². The lowest BCUT2D eigenvalue weighted by Crippen LogP contribution is -2.54. The first kappa shape index (κ1) is 24.9. The van der Waals surface area contributed by atoms with Crippen molar-refractivity contribution in [2.24, 2.45) is 0 Å². The van der Waals surface area contributed by atoms with Crippen LogP contribution in [0.3, 0.4) is 0 Å². The number of benzene rings is 1. The second-order valence-corrected chi connectivity index (χ2v) is 8.94. The number of imidazole rings is 1.